The number of ether oxygens (including phenoxy) is 1. The highest BCUT2D eigenvalue weighted by Gasteiger charge is 2.45. The Hall–Kier alpha value is -1.93. The van der Waals surface area contributed by atoms with Crippen molar-refractivity contribution in [2.45, 2.75) is 37.8 Å². The van der Waals surface area contributed by atoms with E-state index in [0.717, 1.165) is 38.5 Å². The van der Waals surface area contributed by atoms with Gasteiger partial charge in [-0.25, -0.2) is 4.98 Å². The highest BCUT2D eigenvalue weighted by atomic mass is 16.5. The molecule has 2 aliphatic carbocycles. The maximum Gasteiger partial charge on any atom is 0.290 e. The first-order chi connectivity index (χ1) is 13.0. The molecular formula is C19H30N4O4. The van der Waals surface area contributed by atoms with Crippen molar-refractivity contribution in [2.24, 2.45) is 17.8 Å². The summed E-state index contributed by atoms with van der Waals surface area (Å²) in [5, 5.41) is 6.89. The van der Waals surface area contributed by atoms with Gasteiger partial charge in [0.15, 0.2) is 5.82 Å². The van der Waals surface area contributed by atoms with Crippen molar-refractivity contribution in [2.75, 3.05) is 33.8 Å². The minimum atomic E-state index is -0.250. The predicted molar refractivity (Wildman–Crippen MR) is 99.3 cm³/mol. The second-order valence-corrected chi connectivity index (χ2v) is 8.09. The molecule has 0 bridgehead atoms. The van der Waals surface area contributed by atoms with Gasteiger partial charge in [-0.1, -0.05) is 0 Å². The van der Waals surface area contributed by atoms with Crippen molar-refractivity contribution in [3.63, 3.8) is 0 Å². The molecule has 3 fully saturated rings. The molecular weight excluding hydrogens is 348 g/mol. The summed E-state index contributed by atoms with van der Waals surface area (Å²) < 4.78 is 6.29. The Labute approximate surface area is 159 Å². The molecule has 2 heterocycles. The molecule has 1 aromatic rings. The molecule has 2 N–H and O–H groups in total. The normalized spacial score (nSPS) is 29.8. The maximum absolute atomic E-state index is 12.6. The lowest BCUT2D eigenvalue weighted by atomic mass is 9.77. The fourth-order valence-electron chi connectivity index (χ4n) is 4.35. The van der Waals surface area contributed by atoms with Crippen molar-refractivity contribution in [1.29, 1.82) is 0 Å². The second kappa shape index (κ2) is 8.84. The lowest BCUT2D eigenvalue weighted by molar-refractivity contribution is -0.122. The van der Waals surface area contributed by atoms with Gasteiger partial charge in [0.05, 0.1) is 6.10 Å². The quantitative estimate of drug-likeness (QED) is 0.750. The summed E-state index contributed by atoms with van der Waals surface area (Å²) in [5.41, 5.74) is 0. The predicted octanol–water partition coefficient (Wildman–Crippen LogP) is 1.32. The number of likely N-dealkylation sites (N-methyl/N-ethyl adjacent to an activating group) is 1. The third kappa shape index (κ3) is 4.87. The summed E-state index contributed by atoms with van der Waals surface area (Å²) in [6.07, 6.45) is 8.51. The number of carbonyl (C=O) groups is 2. The Bertz CT molecular complexity index is 617. The molecule has 4 atom stereocenters. The van der Waals surface area contributed by atoms with E-state index in [1.807, 2.05) is 4.90 Å². The molecule has 0 spiro atoms. The SMILES string of the molecule is CN(C)[C@@H]1C[C@@H]2CN(C(=O)c3ncc[nH]3)C[C@@H]2C[C@H]1OCC1CC1.O=CO. The highest BCUT2D eigenvalue weighted by molar-refractivity contribution is 5.90. The molecule has 1 aliphatic heterocycles. The molecule has 2 saturated carbocycles. The number of nitrogens with zero attached hydrogens (tertiary/aromatic N) is 3. The molecule has 0 radical (unpaired) electrons. The van der Waals surface area contributed by atoms with Gasteiger partial charge in [0.2, 0.25) is 0 Å². The van der Waals surface area contributed by atoms with E-state index in [4.69, 9.17) is 14.6 Å². The van der Waals surface area contributed by atoms with Crippen LogP contribution in [0.1, 0.15) is 36.3 Å². The van der Waals surface area contributed by atoms with Crippen LogP contribution in [0.3, 0.4) is 0 Å². The Kier molecular flexibility index (Phi) is 6.49. The number of aromatic amines is 1. The lowest BCUT2D eigenvalue weighted by Gasteiger charge is -2.41. The fourth-order valence-corrected chi connectivity index (χ4v) is 4.35. The van der Waals surface area contributed by atoms with E-state index in [1.54, 1.807) is 12.4 Å². The number of nitrogens with one attached hydrogen (secondary N) is 1. The van der Waals surface area contributed by atoms with Crippen molar-refractivity contribution in [3.8, 4) is 0 Å². The topological polar surface area (TPSA) is 98.8 Å². The van der Waals surface area contributed by atoms with Crippen LogP contribution in [0.4, 0.5) is 0 Å². The van der Waals surface area contributed by atoms with Gasteiger partial charge in [0.1, 0.15) is 0 Å². The summed E-state index contributed by atoms with van der Waals surface area (Å²) in [6, 6.07) is 0.462. The number of likely N-dealkylation sites (tertiary alicyclic amines) is 1. The third-order valence-electron chi connectivity index (χ3n) is 5.98. The molecule has 8 heteroatoms. The van der Waals surface area contributed by atoms with E-state index >= 15 is 0 Å². The number of carboxylic acid groups (broad SMARTS) is 1. The number of H-pyrrole nitrogens is 1. The lowest BCUT2D eigenvalue weighted by Crippen LogP contribution is -2.48. The van der Waals surface area contributed by atoms with Gasteiger partial charge in [0.25, 0.3) is 12.4 Å². The molecule has 1 aromatic heterocycles. The van der Waals surface area contributed by atoms with E-state index < -0.39 is 0 Å². The van der Waals surface area contributed by atoms with Gasteiger partial charge in [-0.3, -0.25) is 9.59 Å². The monoisotopic (exact) mass is 378 g/mol. The van der Waals surface area contributed by atoms with Crippen LogP contribution in [-0.2, 0) is 9.53 Å². The summed E-state index contributed by atoms with van der Waals surface area (Å²) in [4.78, 5) is 32.3. The van der Waals surface area contributed by atoms with Crippen LogP contribution in [0.2, 0.25) is 0 Å². The maximum atomic E-state index is 12.6. The van der Waals surface area contributed by atoms with Gasteiger partial charge < -0.3 is 24.6 Å². The van der Waals surface area contributed by atoms with Crippen LogP contribution in [0.15, 0.2) is 12.4 Å². The van der Waals surface area contributed by atoms with Gasteiger partial charge >= 0.3 is 0 Å². The molecule has 4 rings (SSSR count). The first-order valence-corrected chi connectivity index (χ1v) is 9.68. The molecule has 3 aliphatic rings. The van der Waals surface area contributed by atoms with E-state index in [1.165, 1.54) is 12.8 Å². The number of hydrogen-bond donors (Lipinski definition) is 2. The van der Waals surface area contributed by atoms with Crippen LogP contribution in [-0.4, -0.2) is 83.2 Å². The van der Waals surface area contributed by atoms with Crippen molar-refractivity contribution < 1.29 is 19.4 Å². The number of aromatic nitrogens is 2. The van der Waals surface area contributed by atoms with Gasteiger partial charge in [-0.15, -0.1) is 0 Å². The zero-order valence-electron chi connectivity index (χ0n) is 16.1. The second-order valence-electron chi connectivity index (χ2n) is 8.09. The van der Waals surface area contributed by atoms with Crippen LogP contribution in [0, 0.1) is 17.8 Å². The van der Waals surface area contributed by atoms with Crippen molar-refractivity contribution in [3.05, 3.63) is 18.2 Å². The zero-order valence-corrected chi connectivity index (χ0v) is 16.1. The molecule has 8 nitrogen and oxygen atoms in total. The first kappa shape index (κ1) is 19.8. The standard InChI is InChI=1S/C18H28N4O2.CH2O2/c1-21(2)15-7-13-9-22(18(23)17-19-5-6-20-17)10-14(13)8-16(15)24-11-12-3-4-12;2-1-3/h5-6,12-16H,3-4,7-11H2,1-2H3,(H,19,20);1H,(H,2,3)/t13-,14+,15-,16-;/m1./s1. The highest BCUT2D eigenvalue weighted by Crippen LogP contribution is 2.40. The Morgan fingerprint density at radius 2 is 2.04 bits per heavy atom. The number of carbonyl (C=O) groups excluding carboxylic acids is 1. The summed E-state index contributed by atoms with van der Waals surface area (Å²) in [5.74, 6) is 2.43. The Morgan fingerprint density at radius 1 is 1.37 bits per heavy atom. The number of imidazole rings is 1. The molecule has 150 valence electrons. The largest absolute Gasteiger partial charge is 0.483 e. The van der Waals surface area contributed by atoms with Crippen LogP contribution >= 0.6 is 0 Å². The number of hydrogen-bond acceptors (Lipinski definition) is 5. The van der Waals surface area contributed by atoms with Gasteiger partial charge in [-0.05, 0) is 57.5 Å². The average molecular weight is 378 g/mol. The molecule has 27 heavy (non-hydrogen) atoms. The summed E-state index contributed by atoms with van der Waals surface area (Å²) in [6.45, 7) is 2.36. The number of amides is 1. The summed E-state index contributed by atoms with van der Waals surface area (Å²) in [7, 11) is 4.30. The minimum absolute atomic E-state index is 0.0336. The molecule has 0 aromatic carbocycles. The Balaban J connectivity index is 0.000000659. The molecule has 1 saturated heterocycles. The van der Waals surface area contributed by atoms with Crippen LogP contribution in [0.5, 0.6) is 0 Å². The first-order valence-electron chi connectivity index (χ1n) is 9.68. The smallest absolute Gasteiger partial charge is 0.290 e. The number of rotatable bonds is 5. The van der Waals surface area contributed by atoms with E-state index in [-0.39, 0.29) is 12.4 Å². The molecule has 1 amide bonds. The Morgan fingerprint density at radius 3 is 2.59 bits per heavy atom. The van der Waals surface area contributed by atoms with E-state index in [2.05, 4.69) is 29.0 Å². The minimum Gasteiger partial charge on any atom is -0.483 e. The van der Waals surface area contributed by atoms with Gasteiger partial charge in [-0.2, -0.15) is 0 Å². The van der Waals surface area contributed by atoms with Crippen LogP contribution in [0.25, 0.3) is 0 Å². The van der Waals surface area contributed by atoms with Crippen molar-refractivity contribution >= 4 is 12.4 Å². The van der Waals surface area contributed by atoms with E-state index in [0.29, 0.717) is 29.8 Å². The third-order valence-corrected chi connectivity index (χ3v) is 5.98. The average Bonchev–Trinajstić information content (AvgIpc) is 3.15. The van der Waals surface area contributed by atoms with Crippen LogP contribution < -0.4 is 0 Å². The van der Waals surface area contributed by atoms with Gasteiger partial charge in [0, 0.05) is 38.1 Å². The summed E-state index contributed by atoms with van der Waals surface area (Å²) >= 11 is 0. The fraction of sp³-hybridized carbons (Fsp3) is 0.737. The number of fused-ring (bicyclic) bond motifs is 1. The zero-order chi connectivity index (χ0) is 19.4. The molecule has 0 unspecified atom stereocenters. The van der Waals surface area contributed by atoms with Crippen molar-refractivity contribution in [1.82, 2.24) is 19.8 Å². The van der Waals surface area contributed by atoms with E-state index in [9.17, 15) is 4.79 Å².